The van der Waals surface area contributed by atoms with Gasteiger partial charge in [-0.05, 0) is 35.7 Å². The minimum absolute atomic E-state index is 0.140. The topological polar surface area (TPSA) is 87.1 Å². The van der Waals surface area contributed by atoms with Gasteiger partial charge in [0.15, 0.2) is 0 Å². The highest BCUT2D eigenvalue weighted by Crippen LogP contribution is 2.29. The Kier molecular flexibility index (Phi) is 4.36. The number of hydrogen-bond acceptors (Lipinski definition) is 3. The predicted octanol–water partition coefficient (Wildman–Crippen LogP) is 3.01. The van der Waals surface area contributed by atoms with Crippen LogP contribution in [0.1, 0.15) is 29.2 Å². The van der Waals surface area contributed by atoms with Crippen molar-refractivity contribution in [1.29, 1.82) is 5.26 Å². The van der Waals surface area contributed by atoms with Crippen LogP contribution < -0.4 is 5.73 Å². The van der Waals surface area contributed by atoms with Crippen LogP contribution in [0.15, 0.2) is 42.5 Å². The van der Waals surface area contributed by atoms with E-state index in [1.165, 1.54) is 0 Å². The lowest BCUT2D eigenvalue weighted by Gasteiger charge is -2.14. The Bertz CT molecular complexity index is 717. The summed E-state index contributed by atoms with van der Waals surface area (Å²) >= 11 is 0. The fourth-order valence-electron chi connectivity index (χ4n) is 2.29. The summed E-state index contributed by atoms with van der Waals surface area (Å²) in [4.78, 5) is 10.8. The van der Waals surface area contributed by atoms with Crippen molar-refractivity contribution in [3.63, 3.8) is 0 Å². The van der Waals surface area contributed by atoms with Crippen molar-refractivity contribution in [3.05, 3.63) is 59.2 Å². The third-order valence-electron chi connectivity index (χ3n) is 3.42. The first-order valence-electron chi connectivity index (χ1n) is 6.60. The van der Waals surface area contributed by atoms with Gasteiger partial charge < -0.3 is 10.8 Å². The van der Waals surface area contributed by atoms with E-state index in [1.807, 2.05) is 37.3 Å². The molecule has 0 aromatic heterocycles. The van der Waals surface area contributed by atoms with Crippen LogP contribution in [0.2, 0.25) is 0 Å². The molecule has 1 unspecified atom stereocenters. The van der Waals surface area contributed by atoms with Gasteiger partial charge in [-0.25, -0.2) is 0 Å². The maximum atomic E-state index is 10.8. The number of rotatable bonds is 4. The average Bonchev–Trinajstić information content (AvgIpc) is 2.46. The molecule has 0 fully saturated rings. The van der Waals surface area contributed by atoms with E-state index in [-0.39, 0.29) is 6.42 Å². The van der Waals surface area contributed by atoms with E-state index in [4.69, 9.17) is 10.8 Å². The summed E-state index contributed by atoms with van der Waals surface area (Å²) in [5.74, 6) is -0.940. The molecule has 2 rings (SSSR count). The molecular weight excluding hydrogens is 264 g/mol. The lowest BCUT2D eigenvalue weighted by atomic mass is 9.92. The highest BCUT2D eigenvalue weighted by atomic mass is 16.4. The van der Waals surface area contributed by atoms with Crippen LogP contribution in [0.3, 0.4) is 0 Å². The first kappa shape index (κ1) is 14.8. The molecule has 0 aliphatic rings. The van der Waals surface area contributed by atoms with E-state index in [0.717, 1.165) is 22.3 Å². The van der Waals surface area contributed by atoms with Crippen molar-refractivity contribution < 1.29 is 9.90 Å². The molecule has 0 saturated heterocycles. The number of nitrogens with two attached hydrogens (primary N) is 1. The third kappa shape index (κ3) is 3.28. The van der Waals surface area contributed by atoms with Crippen LogP contribution in [0.4, 0.5) is 0 Å². The smallest absolute Gasteiger partial charge is 0.305 e. The molecule has 1 atom stereocenters. The second kappa shape index (κ2) is 6.21. The molecule has 0 bridgehead atoms. The number of aryl methyl sites for hydroxylation is 1. The minimum atomic E-state index is -0.940. The molecular formula is C17H16N2O2. The predicted molar refractivity (Wildman–Crippen MR) is 80.5 cm³/mol. The summed E-state index contributed by atoms with van der Waals surface area (Å²) < 4.78 is 0. The van der Waals surface area contributed by atoms with Gasteiger partial charge in [0.1, 0.15) is 0 Å². The van der Waals surface area contributed by atoms with Gasteiger partial charge in [0.2, 0.25) is 0 Å². The fourth-order valence-corrected chi connectivity index (χ4v) is 2.29. The Morgan fingerprint density at radius 3 is 2.62 bits per heavy atom. The van der Waals surface area contributed by atoms with Crippen LogP contribution in [0.5, 0.6) is 0 Å². The second-order valence-corrected chi connectivity index (χ2v) is 4.94. The Balaban J connectivity index is 2.52. The van der Waals surface area contributed by atoms with Gasteiger partial charge in [-0.2, -0.15) is 5.26 Å². The largest absolute Gasteiger partial charge is 0.481 e. The summed E-state index contributed by atoms with van der Waals surface area (Å²) in [7, 11) is 0. The maximum Gasteiger partial charge on any atom is 0.305 e. The van der Waals surface area contributed by atoms with Gasteiger partial charge >= 0.3 is 5.97 Å². The zero-order valence-electron chi connectivity index (χ0n) is 11.7. The number of nitriles is 1. The summed E-state index contributed by atoms with van der Waals surface area (Å²) in [6.45, 7) is 1.97. The molecule has 106 valence electrons. The van der Waals surface area contributed by atoms with Gasteiger partial charge in [-0.1, -0.05) is 30.3 Å². The van der Waals surface area contributed by atoms with E-state index in [1.54, 1.807) is 12.1 Å². The van der Waals surface area contributed by atoms with Gasteiger partial charge in [0.25, 0.3) is 0 Å². The van der Waals surface area contributed by atoms with Crippen LogP contribution in [-0.4, -0.2) is 11.1 Å². The second-order valence-electron chi connectivity index (χ2n) is 4.94. The monoisotopic (exact) mass is 280 g/mol. The quantitative estimate of drug-likeness (QED) is 0.901. The molecule has 2 aromatic rings. The molecule has 0 saturated carbocycles. The van der Waals surface area contributed by atoms with E-state index < -0.39 is 12.0 Å². The Labute approximate surface area is 123 Å². The molecule has 4 heteroatoms. The number of carbonyl (C=O) groups is 1. The van der Waals surface area contributed by atoms with Crippen molar-refractivity contribution in [2.75, 3.05) is 0 Å². The fraction of sp³-hybridized carbons (Fsp3) is 0.176. The lowest BCUT2D eigenvalue weighted by molar-refractivity contribution is -0.137. The number of nitrogens with zero attached hydrogens (tertiary/aromatic N) is 1. The standard InChI is InChI=1S/C17H16N2O2/c1-11-4-2-3-5-14(11)15-8-12(6-7-13(15)10-18)16(19)9-17(20)21/h2-8,16H,9,19H2,1H3,(H,20,21). The molecule has 0 spiro atoms. The molecule has 3 N–H and O–H groups in total. The van der Waals surface area contributed by atoms with Crippen molar-refractivity contribution in [1.82, 2.24) is 0 Å². The maximum absolute atomic E-state index is 10.8. The van der Waals surface area contributed by atoms with Crippen molar-refractivity contribution in [2.45, 2.75) is 19.4 Å². The van der Waals surface area contributed by atoms with E-state index in [0.29, 0.717) is 5.56 Å². The molecule has 0 heterocycles. The summed E-state index contributed by atoms with van der Waals surface area (Å²) in [5.41, 5.74) is 9.97. The van der Waals surface area contributed by atoms with Gasteiger partial charge in [-0.3, -0.25) is 4.79 Å². The van der Waals surface area contributed by atoms with Gasteiger partial charge in [0.05, 0.1) is 18.1 Å². The lowest BCUT2D eigenvalue weighted by Crippen LogP contribution is -2.15. The van der Waals surface area contributed by atoms with Crippen LogP contribution in [0.25, 0.3) is 11.1 Å². The molecule has 0 aliphatic heterocycles. The summed E-state index contributed by atoms with van der Waals surface area (Å²) in [6.07, 6.45) is -0.140. The molecule has 0 aliphatic carbocycles. The van der Waals surface area contributed by atoms with Gasteiger partial charge in [0, 0.05) is 11.6 Å². The molecule has 4 nitrogen and oxygen atoms in total. The molecule has 0 radical (unpaired) electrons. The van der Waals surface area contributed by atoms with Crippen molar-refractivity contribution in [2.24, 2.45) is 5.73 Å². The van der Waals surface area contributed by atoms with Crippen LogP contribution in [-0.2, 0) is 4.79 Å². The third-order valence-corrected chi connectivity index (χ3v) is 3.42. The van der Waals surface area contributed by atoms with Crippen LogP contribution in [0, 0.1) is 18.3 Å². The number of carboxylic acids is 1. The van der Waals surface area contributed by atoms with Gasteiger partial charge in [-0.15, -0.1) is 0 Å². The highest BCUT2D eigenvalue weighted by Gasteiger charge is 2.14. The number of hydrogen-bond donors (Lipinski definition) is 2. The molecule has 0 amide bonds. The van der Waals surface area contributed by atoms with E-state index >= 15 is 0 Å². The SMILES string of the molecule is Cc1ccccc1-c1cc(C(N)CC(=O)O)ccc1C#N. The first-order chi connectivity index (χ1) is 10.0. The van der Waals surface area contributed by atoms with E-state index in [9.17, 15) is 10.1 Å². The zero-order chi connectivity index (χ0) is 15.4. The summed E-state index contributed by atoms with van der Waals surface area (Å²) in [5, 5.41) is 18.1. The Morgan fingerprint density at radius 2 is 2.00 bits per heavy atom. The number of aliphatic carboxylic acids is 1. The number of carboxylic acid groups (broad SMARTS) is 1. The van der Waals surface area contributed by atoms with Crippen molar-refractivity contribution in [3.8, 4) is 17.2 Å². The minimum Gasteiger partial charge on any atom is -0.481 e. The average molecular weight is 280 g/mol. The molecule has 2 aromatic carbocycles. The zero-order valence-corrected chi connectivity index (χ0v) is 11.7. The normalized spacial score (nSPS) is 11.7. The Hall–Kier alpha value is -2.64. The van der Waals surface area contributed by atoms with E-state index in [2.05, 4.69) is 6.07 Å². The Morgan fingerprint density at radius 1 is 1.29 bits per heavy atom. The number of benzene rings is 2. The van der Waals surface area contributed by atoms with Crippen molar-refractivity contribution >= 4 is 5.97 Å². The molecule has 21 heavy (non-hydrogen) atoms. The summed E-state index contributed by atoms with van der Waals surface area (Å²) in [6, 6.07) is 14.6. The first-order valence-corrected chi connectivity index (χ1v) is 6.60. The highest BCUT2D eigenvalue weighted by molar-refractivity contribution is 5.74. The van der Waals surface area contributed by atoms with Crippen LogP contribution >= 0.6 is 0 Å².